The molecule has 3 aromatic rings. The van der Waals surface area contributed by atoms with E-state index in [1.54, 1.807) is 24.7 Å². The van der Waals surface area contributed by atoms with Crippen LogP contribution in [0.5, 0.6) is 0 Å². The molecule has 0 saturated carbocycles. The lowest BCUT2D eigenvalue weighted by atomic mass is 10.1. The Balaban J connectivity index is 1.69. The Morgan fingerprint density at radius 3 is 2.60 bits per heavy atom. The van der Waals surface area contributed by atoms with E-state index in [1.807, 2.05) is 0 Å². The Morgan fingerprint density at radius 2 is 1.92 bits per heavy atom. The third-order valence-corrected chi connectivity index (χ3v) is 4.26. The monoisotopic (exact) mass is 356 g/mol. The first-order chi connectivity index (χ1) is 12.2. The molecule has 1 N–H and O–H groups in total. The number of nitrogens with zero attached hydrogens (tertiary/aromatic N) is 5. The smallest absolute Gasteiger partial charge is 0.229 e. The van der Waals surface area contributed by atoms with Crippen LogP contribution in [0.15, 0.2) is 43.1 Å². The van der Waals surface area contributed by atoms with Gasteiger partial charge in [0, 0.05) is 48.5 Å². The van der Waals surface area contributed by atoms with Crippen molar-refractivity contribution in [3.05, 3.63) is 54.0 Å². The van der Waals surface area contributed by atoms with Crippen LogP contribution in [0.3, 0.4) is 0 Å². The second kappa shape index (κ2) is 6.60. The number of rotatable bonds is 4. The minimum atomic E-state index is -0.464. The molecule has 1 aliphatic rings. The molecule has 25 heavy (non-hydrogen) atoms. The van der Waals surface area contributed by atoms with Crippen LogP contribution in [0.1, 0.15) is 6.42 Å². The van der Waals surface area contributed by atoms with Gasteiger partial charge in [-0.2, -0.15) is 4.98 Å². The van der Waals surface area contributed by atoms with Crippen LogP contribution >= 0.6 is 11.6 Å². The molecule has 0 bridgehead atoms. The van der Waals surface area contributed by atoms with Crippen LogP contribution < -0.4 is 10.2 Å². The highest BCUT2D eigenvalue weighted by atomic mass is 35.5. The van der Waals surface area contributed by atoms with Crippen LogP contribution in [-0.2, 0) is 0 Å². The molecule has 8 heteroatoms. The molecule has 126 valence electrons. The highest BCUT2D eigenvalue weighted by Crippen LogP contribution is 2.32. The van der Waals surface area contributed by atoms with Crippen molar-refractivity contribution in [1.82, 2.24) is 19.9 Å². The van der Waals surface area contributed by atoms with Gasteiger partial charge in [-0.1, -0.05) is 11.6 Å². The maximum Gasteiger partial charge on any atom is 0.229 e. The molecule has 0 amide bonds. The molecular weight excluding hydrogens is 343 g/mol. The summed E-state index contributed by atoms with van der Waals surface area (Å²) in [6.07, 6.45) is 7.84. The highest BCUT2D eigenvalue weighted by molar-refractivity contribution is 6.31. The van der Waals surface area contributed by atoms with Crippen LogP contribution in [0.25, 0.3) is 11.1 Å². The van der Waals surface area contributed by atoms with E-state index in [4.69, 9.17) is 11.6 Å². The van der Waals surface area contributed by atoms with Gasteiger partial charge >= 0.3 is 0 Å². The molecule has 1 saturated heterocycles. The topological polar surface area (TPSA) is 66.8 Å². The first-order valence-electron chi connectivity index (χ1n) is 7.80. The Morgan fingerprint density at radius 1 is 1.12 bits per heavy atom. The van der Waals surface area contributed by atoms with Crippen molar-refractivity contribution in [2.24, 2.45) is 0 Å². The fraction of sp³-hybridized carbons (Fsp3) is 0.176. The van der Waals surface area contributed by atoms with Gasteiger partial charge < -0.3 is 10.2 Å². The lowest BCUT2D eigenvalue weighted by Crippen LogP contribution is -2.38. The number of aromatic nitrogens is 4. The van der Waals surface area contributed by atoms with Crippen molar-refractivity contribution in [3.63, 3.8) is 0 Å². The van der Waals surface area contributed by atoms with Gasteiger partial charge in [0.15, 0.2) is 0 Å². The fourth-order valence-corrected chi connectivity index (χ4v) is 2.73. The van der Waals surface area contributed by atoms with Gasteiger partial charge in [-0.25, -0.2) is 19.3 Å². The average molecular weight is 357 g/mol. The largest absolute Gasteiger partial charge is 0.356 e. The molecule has 1 fully saturated rings. The second-order valence-electron chi connectivity index (χ2n) is 5.65. The molecule has 0 unspecified atom stereocenters. The van der Waals surface area contributed by atoms with Gasteiger partial charge in [0.2, 0.25) is 5.95 Å². The molecule has 0 atom stereocenters. The van der Waals surface area contributed by atoms with Crippen molar-refractivity contribution in [1.29, 1.82) is 0 Å². The van der Waals surface area contributed by atoms with Crippen LogP contribution in [0.4, 0.5) is 21.8 Å². The van der Waals surface area contributed by atoms with E-state index in [9.17, 15) is 4.39 Å². The molecule has 3 heterocycles. The first kappa shape index (κ1) is 15.7. The summed E-state index contributed by atoms with van der Waals surface area (Å²) in [6, 6.07) is 4.39. The number of halogens is 2. The SMILES string of the molecule is Fc1ccc(Nc2ncc(-c3cncnc3)c(N3CCC3)n2)cc1Cl. The van der Waals surface area contributed by atoms with Gasteiger partial charge in [0.1, 0.15) is 18.0 Å². The van der Waals surface area contributed by atoms with E-state index in [-0.39, 0.29) is 5.02 Å². The summed E-state index contributed by atoms with van der Waals surface area (Å²) < 4.78 is 13.3. The lowest BCUT2D eigenvalue weighted by molar-refractivity contribution is 0.610. The van der Waals surface area contributed by atoms with Crippen molar-refractivity contribution in [3.8, 4) is 11.1 Å². The van der Waals surface area contributed by atoms with Crippen molar-refractivity contribution in [2.45, 2.75) is 6.42 Å². The molecule has 4 rings (SSSR count). The molecule has 0 radical (unpaired) electrons. The van der Waals surface area contributed by atoms with Gasteiger partial charge in [-0.05, 0) is 24.6 Å². The zero-order valence-corrected chi connectivity index (χ0v) is 13.9. The summed E-state index contributed by atoms with van der Waals surface area (Å²) in [4.78, 5) is 19.3. The molecular formula is C17H14ClFN6. The average Bonchev–Trinajstić information content (AvgIpc) is 2.58. The van der Waals surface area contributed by atoms with Gasteiger partial charge in [0.05, 0.1) is 5.02 Å². The third kappa shape index (κ3) is 3.23. The van der Waals surface area contributed by atoms with E-state index in [2.05, 4.69) is 30.2 Å². The van der Waals surface area contributed by atoms with Crippen molar-refractivity contribution in [2.75, 3.05) is 23.3 Å². The first-order valence-corrected chi connectivity index (χ1v) is 8.18. The molecule has 6 nitrogen and oxygen atoms in total. The number of anilines is 3. The van der Waals surface area contributed by atoms with E-state index >= 15 is 0 Å². The molecule has 0 aliphatic carbocycles. The van der Waals surface area contributed by atoms with E-state index in [1.165, 1.54) is 18.5 Å². The predicted molar refractivity (Wildman–Crippen MR) is 94.6 cm³/mol. The van der Waals surface area contributed by atoms with E-state index in [0.717, 1.165) is 36.5 Å². The second-order valence-corrected chi connectivity index (χ2v) is 6.06. The number of hydrogen-bond acceptors (Lipinski definition) is 6. The lowest BCUT2D eigenvalue weighted by Gasteiger charge is -2.33. The van der Waals surface area contributed by atoms with E-state index < -0.39 is 5.82 Å². The summed E-state index contributed by atoms with van der Waals surface area (Å²) in [5.74, 6) is 0.783. The summed E-state index contributed by atoms with van der Waals surface area (Å²) in [6.45, 7) is 1.89. The summed E-state index contributed by atoms with van der Waals surface area (Å²) in [5.41, 5.74) is 2.36. The summed E-state index contributed by atoms with van der Waals surface area (Å²) in [5, 5.41) is 3.11. The van der Waals surface area contributed by atoms with Gasteiger partial charge in [-0.3, -0.25) is 0 Å². The fourth-order valence-electron chi connectivity index (χ4n) is 2.55. The van der Waals surface area contributed by atoms with Gasteiger partial charge in [-0.15, -0.1) is 0 Å². The minimum absolute atomic E-state index is 0.0472. The number of benzene rings is 1. The molecule has 2 aromatic heterocycles. The molecule has 0 spiro atoms. The Hall–Kier alpha value is -2.80. The van der Waals surface area contributed by atoms with Gasteiger partial charge in [0.25, 0.3) is 0 Å². The van der Waals surface area contributed by atoms with Crippen LogP contribution in [-0.4, -0.2) is 33.0 Å². The molecule has 1 aliphatic heterocycles. The predicted octanol–water partition coefficient (Wildman–Crippen LogP) is 3.68. The maximum atomic E-state index is 13.3. The Kier molecular flexibility index (Phi) is 4.15. The normalized spacial score (nSPS) is 13.4. The maximum absolute atomic E-state index is 13.3. The van der Waals surface area contributed by atoms with Crippen molar-refractivity contribution >= 4 is 29.1 Å². The molecule has 1 aromatic carbocycles. The number of hydrogen-bond donors (Lipinski definition) is 1. The zero-order valence-electron chi connectivity index (χ0n) is 13.2. The zero-order chi connectivity index (χ0) is 17.2. The highest BCUT2D eigenvalue weighted by Gasteiger charge is 2.21. The Labute approximate surface area is 148 Å². The standard InChI is InChI=1S/C17H14ClFN6/c18-14-6-12(2-3-15(14)19)23-17-22-9-13(11-7-20-10-21-8-11)16(24-17)25-4-1-5-25/h2-3,6-10H,1,4-5H2,(H,22,23,24). The quantitative estimate of drug-likeness (QED) is 0.769. The third-order valence-electron chi connectivity index (χ3n) is 3.97. The summed E-state index contributed by atoms with van der Waals surface area (Å²) in [7, 11) is 0. The number of nitrogens with one attached hydrogen (secondary N) is 1. The minimum Gasteiger partial charge on any atom is -0.356 e. The van der Waals surface area contributed by atoms with Crippen LogP contribution in [0.2, 0.25) is 5.02 Å². The summed E-state index contributed by atoms with van der Waals surface area (Å²) >= 11 is 5.82. The van der Waals surface area contributed by atoms with Crippen molar-refractivity contribution < 1.29 is 4.39 Å². The Bertz CT molecular complexity index is 901. The van der Waals surface area contributed by atoms with Crippen LogP contribution in [0, 0.1) is 5.82 Å². The van der Waals surface area contributed by atoms with E-state index in [0.29, 0.717) is 11.6 Å².